The number of hydrogen-bond donors (Lipinski definition) is 1. The van der Waals surface area contributed by atoms with Crippen molar-refractivity contribution in [3.05, 3.63) is 92.9 Å². The molecule has 0 aliphatic carbocycles. The number of carbonyl (C=O) groups excluding carboxylic acids is 1. The quantitative estimate of drug-likeness (QED) is 0.449. The molecule has 0 spiro atoms. The summed E-state index contributed by atoms with van der Waals surface area (Å²) < 4.78 is 27.7. The van der Waals surface area contributed by atoms with Crippen LogP contribution in [-0.2, 0) is 21.4 Å². The first kappa shape index (κ1) is 23.6. The first-order valence-electron chi connectivity index (χ1n) is 9.21. The van der Waals surface area contributed by atoms with E-state index < -0.39 is 22.5 Å². The standard InChI is InChI=1S/C22H19Cl3N2O3S/c1-15-2-4-16(5-3-15)13-27(31(29,30)19-9-6-17(23)7-10-19)14-22(28)26-21-12-18(24)8-11-20(21)25/h2-12H,13-14H2,1H3,(H,26,28). The normalized spacial score (nSPS) is 11.5. The maximum Gasteiger partial charge on any atom is 0.243 e. The fourth-order valence-electron chi connectivity index (χ4n) is 2.82. The highest BCUT2D eigenvalue weighted by molar-refractivity contribution is 7.89. The summed E-state index contributed by atoms with van der Waals surface area (Å²) in [5.41, 5.74) is 2.10. The largest absolute Gasteiger partial charge is 0.324 e. The number of halogens is 3. The van der Waals surface area contributed by atoms with Crippen LogP contribution in [0.4, 0.5) is 5.69 Å². The molecule has 0 saturated heterocycles. The molecule has 1 N–H and O–H groups in total. The van der Waals surface area contributed by atoms with Gasteiger partial charge in [-0.05, 0) is 55.0 Å². The molecule has 0 heterocycles. The minimum Gasteiger partial charge on any atom is -0.324 e. The minimum absolute atomic E-state index is 0.0158. The second-order valence-corrected chi connectivity index (χ2v) is 10.1. The number of rotatable bonds is 7. The van der Waals surface area contributed by atoms with Gasteiger partial charge in [0.2, 0.25) is 15.9 Å². The van der Waals surface area contributed by atoms with E-state index in [9.17, 15) is 13.2 Å². The van der Waals surface area contributed by atoms with Crippen LogP contribution in [0.2, 0.25) is 15.1 Å². The summed E-state index contributed by atoms with van der Waals surface area (Å²) in [4.78, 5) is 12.8. The lowest BCUT2D eigenvalue weighted by Gasteiger charge is -2.22. The zero-order valence-corrected chi connectivity index (χ0v) is 19.6. The highest BCUT2D eigenvalue weighted by atomic mass is 35.5. The summed E-state index contributed by atoms with van der Waals surface area (Å²) >= 11 is 18.0. The van der Waals surface area contributed by atoms with Crippen molar-refractivity contribution in [3.8, 4) is 0 Å². The Labute approximate surface area is 196 Å². The molecule has 3 rings (SSSR count). The fraction of sp³-hybridized carbons (Fsp3) is 0.136. The van der Waals surface area contributed by atoms with Gasteiger partial charge in [-0.15, -0.1) is 0 Å². The Morgan fingerprint density at radius 2 is 1.52 bits per heavy atom. The summed E-state index contributed by atoms with van der Waals surface area (Å²) in [6.07, 6.45) is 0. The van der Waals surface area contributed by atoms with Crippen molar-refractivity contribution in [1.82, 2.24) is 4.31 Å². The molecule has 0 saturated carbocycles. The lowest BCUT2D eigenvalue weighted by molar-refractivity contribution is -0.116. The summed E-state index contributed by atoms with van der Waals surface area (Å²) in [7, 11) is -3.98. The fourth-order valence-corrected chi connectivity index (χ4v) is 4.67. The van der Waals surface area contributed by atoms with Gasteiger partial charge < -0.3 is 5.32 Å². The molecular weight excluding hydrogens is 479 g/mol. The molecule has 0 aromatic heterocycles. The van der Waals surface area contributed by atoms with Gasteiger partial charge >= 0.3 is 0 Å². The molecule has 0 atom stereocenters. The monoisotopic (exact) mass is 496 g/mol. The van der Waals surface area contributed by atoms with E-state index in [0.717, 1.165) is 15.4 Å². The molecule has 5 nitrogen and oxygen atoms in total. The number of nitrogens with one attached hydrogen (secondary N) is 1. The number of sulfonamides is 1. The van der Waals surface area contributed by atoms with Crippen LogP contribution >= 0.6 is 34.8 Å². The van der Waals surface area contributed by atoms with E-state index in [1.54, 1.807) is 12.1 Å². The summed E-state index contributed by atoms with van der Waals surface area (Å²) in [6.45, 7) is 1.54. The van der Waals surface area contributed by atoms with Crippen molar-refractivity contribution >= 4 is 56.4 Å². The van der Waals surface area contributed by atoms with Crippen LogP contribution in [0.1, 0.15) is 11.1 Å². The number of carbonyl (C=O) groups is 1. The smallest absolute Gasteiger partial charge is 0.243 e. The second-order valence-electron chi connectivity index (χ2n) is 6.88. The molecule has 31 heavy (non-hydrogen) atoms. The summed E-state index contributed by atoms with van der Waals surface area (Å²) in [5.74, 6) is -0.547. The van der Waals surface area contributed by atoms with Gasteiger partial charge in [0.25, 0.3) is 0 Å². The Hall–Kier alpha value is -2.09. The van der Waals surface area contributed by atoms with Gasteiger partial charge in [0.15, 0.2) is 0 Å². The maximum atomic E-state index is 13.3. The molecule has 1 amide bonds. The molecule has 9 heteroatoms. The Morgan fingerprint density at radius 1 is 0.903 bits per heavy atom. The zero-order chi connectivity index (χ0) is 22.6. The van der Waals surface area contributed by atoms with E-state index in [1.807, 2.05) is 31.2 Å². The van der Waals surface area contributed by atoms with Crippen LogP contribution in [0, 0.1) is 6.92 Å². The van der Waals surface area contributed by atoms with E-state index in [2.05, 4.69) is 5.32 Å². The van der Waals surface area contributed by atoms with Crippen LogP contribution in [0.25, 0.3) is 0 Å². The average molecular weight is 498 g/mol. The molecule has 0 bridgehead atoms. The number of benzene rings is 3. The summed E-state index contributed by atoms with van der Waals surface area (Å²) in [6, 6.07) is 17.9. The van der Waals surface area contributed by atoms with Crippen LogP contribution < -0.4 is 5.32 Å². The van der Waals surface area contributed by atoms with E-state index in [4.69, 9.17) is 34.8 Å². The maximum absolute atomic E-state index is 13.3. The number of anilines is 1. The van der Waals surface area contributed by atoms with Gasteiger partial charge in [-0.3, -0.25) is 4.79 Å². The third kappa shape index (κ3) is 6.21. The zero-order valence-electron chi connectivity index (χ0n) is 16.5. The SMILES string of the molecule is Cc1ccc(CN(CC(=O)Nc2cc(Cl)ccc2Cl)S(=O)(=O)c2ccc(Cl)cc2)cc1. The first-order chi connectivity index (χ1) is 14.6. The highest BCUT2D eigenvalue weighted by Crippen LogP contribution is 2.26. The lowest BCUT2D eigenvalue weighted by Crippen LogP contribution is -2.37. The Kier molecular flexibility index (Phi) is 7.62. The van der Waals surface area contributed by atoms with Crippen LogP contribution in [0.5, 0.6) is 0 Å². The van der Waals surface area contributed by atoms with Gasteiger partial charge in [0.1, 0.15) is 0 Å². The van der Waals surface area contributed by atoms with Crippen LogP contribution in [0.3, 0.4) is 0 Å². The van der Waals surface area contributed by atoms with Crippen molar-refractivity contribution < 1.29 is 13.2 Å². The van der Waals surface area contributed by atoms with Gasteiger partial charge in [-0.1, -0.05) is 64.6 Å². The molecular formula is C22H19Cl3N2O3S. The topological polar surface area (TPSA) is 66.5 Å². The first-order valence-corrected chi connectivity index (χ1v) is 11.8. The molecule has 0 aliphatic heterocycles. The van der Waals surface area contributed by atoms with Crippen LogP contribution in [-0.4, -0.2) is 25.2 Å². The minimum atomic E-state index is -3.98. The van der Waals surface area contributed by atoms with Gasteiger partial charge in [0.05, 0.1) is 22.2 Å². The Morgan fingerprint density at radius 3 is 2.16 bits per heavy atom. The van der Waals surface area contributed by atoms with Crippen LogP contribution in [0.15, 0.2) is 71.6 Å². The van der Waals surface area contributed by atoms with Crippen molar-refractivity contribution in [2.75, 3.05) is 11.9 Å². The molecule has 3 aromatic rings. The number of nitrogens with zero attached hydrogens (tertiary/aromatic N) is 1. The molecule has 162 valence electrons. The molecule has 3 aromatic carbocycles. The molecule has 0 unspecified atom stereocenters. The highest BCUT2D eigenvalue weighted by Gasteiger charge is 2.27. The summed E-state index contributed by atoms with van der Waals surface area (Å²) in [5, 5.41) is 3.73. The van der Waals surface area contributed by atoms with Gasteiger partial charge in [0, 0.05) is 16.6 Å². The lowest BCUT2D eigenvalue weighted by atomic mass is 10.1. The second kappa shape index (κ2) is 10.0. The van der Waals surface area contributed by atoms with Crippen molar-refractivity contribution in [3.63, 3.8) is 0 Å². The van der Waals surface area contributed by atoms with E-state index in [-0.39, 0.29) is 11.4 Å². The predicted octanol–water partition coefficient (Wildman–Crippen LogP) is 5.78. The van der Waals surface area contributed by atoms with Crippen molar-refractivity contribution in [1.29, 1.82) is 0 Å². The molecule has 0 radical (unpaired) electrons. The van der Waals surface area contributed by atoms with Crippen molar-refractivity contribution in [2.24, 2.45) is 0 Å². The number of amides is 1. The van der Waals surface area contributed by atoms with E-state index in [1.165, 1.54) is 30.3 Å². The van der Waals surface area contributed by atoms with E-state index >= 15 is 0 Å². The third-order valence-corrected chi connectivity index (χ3v) is 7.08. The Bertz CT molecular complexity index is 1180. The molecule has 0 fully saturated rings. The predicted molar refractivity (Wildman–Crippen MR) is 125 cm³/mol. The Balaban J connectivity index is 1.89. The molecule has 0 aliphatic rings. The number of aryl methyl sites for hydroxylation is 1. The number of hydrogen-bond acceptors (Lipinski definition) is 3. The van der Waals surface area contributed by atoms with Gasteiger partial charge in [-0.25, -0.2) is 8.42 Å². The van der Waals surface area contributed by atoms with Crippen molar-refractivity contribution in [2.45, 2.75) is 18.4 Å². The third-order valence-electron chi connectivity index (χ3n) is 4.45. The van der Waals surface area contributed by atoms with E-state index in [0.29, 0.717) is 20.8 Å². The average Bonchev–Trinajstić information content (AvgIpc) is 2.72. The van der Waals surface area contributed by atoms with Gasteiger partial charge in [-0.2, -0.15) is 4.31 Å².